The molecule has 0 aliphatic carbocycles. The number of hydrogen-bond acceptors (Lipinski definition) is 3. The van der Waals surface area contributed by atoms with Crippen molar-refractivity contribution < 1.29 is 9.59 Å². The summed E-state index contributed by atoms with van der Waals surface area (Å²) >= 11 is 5.89. The smallest absolute Gasteiger partial charge is 0.226 e. The topological polar surface area (TPSA) is 49.4 Å². The van der Waals surface area contributed by atoms with Gasteiger partial charge < -0.3 is 10.2 Å². The molecule has 2 aromatic rings. The number of rotatable bonds is 7. The Bertz CT molecular complexity index is 840. The molecule has 2 aromatic carbocycles. The lowest BCUT2D eigenvalue weighted by molar-refractivity contribution is -0.118. The van der Waals surface area contributed by atoms with Crippen LogP contribution in [0.3, 0.4) is 0 Å². The number of amides is 1. The van der Waals surface area contributed by atoms with Crippen LogP contribution >= 0.6 is 11.6 Å². The molecule has 1 saturated heterocycles. The Morgan fingerprint density at radius 1 is 1.10 bits per heavy atom. The number of ketones is 1. The molecule has 1 heterocycles. The fourth-order valence-corrected chi connectivity index (χ4v) is 3.81. The van der Waals surface area contributed by atoms with Crippen molar-refractivity contribution in [2.45, 2.75) is 39.0 Å². The minimum Gasteiger partial charge on any atom is -0.326 e. The predicted molar refractivity (Wildman–Crippen MR) is 119 cm³/mol. The number of Topliss-reactive ketones (excluding diaryl/α,β-unsaturated/α-hetero) is 1. The first-order valence-electron chi connectivity index (χ1n) is 10.3. The molecule has 29 heavy (non-hydrogen) atoms. The summed E-state index contributed by atoms with van der Waals surface area (Å²) in [4.78, 5) is 26.7. The van der Waals surface area contributed by atoms with E-state index in [4.69, 9.17) is 11.6 Å². The molecule has 1 amide bonds. The Morgan fingerprint density at radius 3 is 2.45 bits per heavy atom. The van der Waals surface area contributed by atoms with Gasteiger partial charge >= 0.3 is 0 Å². The van der Waals surface area contributed by atoms with Gasteiger partial charge in [-0.15, -0.1) is 0 Å². The second-order valence-electron chi connectivity index (χ2n) is 8.07. The van der Waals surface area contributed by atoms with E-state index in [9.17, 15) is 9.59 Å². The molecule has 1 aliphatic heterocycles. The van der Waals surface area contributed by atoms with Gasteiger partial charge in [0.15, 0.2) is 5.78 Å². The highest BCUT2D eigenvalue weighted by molar-refractivity contribution is 6.30. The molecule has 1 fully saturated rings. The van der Waals surface area contributed by atoms with Crippen molar-refractivity contribution in [3.63, 3.8) is 0 Å². The third-order valence-electron chi connectivity index (χ3n) is 5.56. The molecule has 4 nitrogen and oxygen atoms in total. The molecule has 3 rings (SSSR count). The normalized spacial score (nSPS) is 15.4. The van der Waals surface area contributed by atoms with E-state index in [1.807, 2.05) is 26.0 Å². The highest BCUT2D eigenvalue weighted by Gasteiger charge is 2.21. The van der Waals surface area contributed by atoms with Crippen LogP contribution in [-0.4, -0.2) is 36.2 Å². The lowest BCUT2D eigenvalue weighted by Gasteiger charge is -2.32. The van der Waals surface area contributed by atoms with Crippen LogP contribution in [0.15, 0.2) is 48.5 Å². The van der Waals surface area contributed by atoms with Crippen LogP contribution < -0.4 is 5.32 Å². The zero-order valence-corrected chi connectivity index (χ0v) is 17.9. The molecule has 0 spiro atoms. The third-order valence-corrected chi connectivity index (χ3v) is 5.81. The van der Waals surface area contributed by atoms with Crippen molar-refractivity contribution in [3.8, 4) is 0 Å². The summed E-state index contributed by atoms with van der Waals surface area (Å²) < 4.78 is 0. The number of likely N-dealkylation sites (tertiary alicyclic amines) is 1. The Balaban J connectivity index is 1.48. The molecule has 0 bridgehead atoms. The van der Waals surface area contributed by atoms with E-state index in [0.717, 1.165) is 43.7 Å². The second-order valence-corrected chi connectivity index (χ2v) is 8.50. The van der Waals surface area contributed by atoms with Crippen LogP contribution in [0.4, 0.5) is 5.69 Å². The van der Waals surface area contributed by atoms with Crippen LogP contribution in [-0.2, 0) is 4.79 Å². The highest BCUT2D eigenvalue weighted by atomic mass is 35.5. The number of anilines is 1. The van der Waals surface area contributed by atoms with Crippen molar-refractivity contribution in [1.82, 2.24) is 4.90 Å². The third kappa shape index (κ3) is 6.15. The van der Waals surface area contributed by atoms with Gasteiger partial charge in [0, 0.05) is 35.2 Å². The van der Waals surface area contributed by atoms with Crippen molar-refractivity contribution >= 4 is 29.0 Å². The Labute approximate surface area is 178 Å². The first-order chi connectivity index (χ1) is 13.9. The number of carbonyl (C=O) groups excluding carboxylic acids is 2. The zero-order valence-electron chi connectivity index (χ0n) is 17.2. The summed E-state index contributed by atoms with van der Waals surface area (Å²) in [5, 5.41) is 3.64. The van der Waals surface area contributed by atoms with E-state index in [0.29, 0.717) is 17.4 Å². The molecular formula is C24H29ClN2O2. The van der Waals surface area contributed by atoms with E-state index in [1.165, 1.54) is 5.56 Å². The van der Waals surface area contributed by atoms with Gasteiger partial charge in [-0.3, -0.25) is 9.59 Å². The Hall–Kier alpha value is -2.17. The summed E-state index contributed by atoms with van der Waals surface area (Å²) in [5.74, 6) is 0.673. The summed E-state index contributed by atoms with van der Waals surface area (Å²) in [5.41, 5.74) is 2.88. The van der Waals surface area contributed by atoms with Crippen molar-refractivity contribution in [1.29, 1.82) is 0 Å². The largest absolute Gasteiger partial charge is 0.326 e. The molecule has 0 unspecified atom stereocenters. The number of carbonyl (C=O) groups is 2. The molecule has 0 saturated carbocycles. The maximum atomic E-state index is 12.4. The standard InChI is InChI=1S/C24H29ClN2O2/c1-17(2)24(29)26-22-5-3-4-20(16-22)18-10-13-27(14-11-18)15-12-23(28)19-6-8-21(25)9-7-19/h3-9,16-18H,10-15H2,1-2H3,(H,26,29). The monoisotopic (exact) mass is 412 g/mol. The van der Waals surface area contributed by atoms with Crippen molar-refractivity contribution in [3.05, 3.63) is 64.7 Å². The van der Waals surface area contributed by atoms with Gasteiger partial charge in [-0.1, -0.05) is 37.6 Å². The molecule has 5 heteroatoms. The Kier molecular flexibility index (Phi) is 7.45. The van der Waals surface area contributed by atoms with E-state index in [2.05, 4.69) is 22.3 Å². The van der Waals surface area contributed by atoms with E-state index >= 15 is 0 Å². The number of piperidine rings is 1. The van der Waals surface area contributed by atoms with Crippen LogP contribution in [0.25, 0.3) is 0 Å². The van der Waals surface area contributed by atoms with Gasteiger partial charge in [0.05, 0.1) is 0 Å². The lowest BCUT2D eigenvalue weighted by atomic mass is 9.89. The van der Waals surface area contributed by atoms with Gasteiger partial charge in [-0.25, -0.2) is 0 Å². The average Bonchev–Trinajstić information content (AvgIpc) is 2.73. The van der Waals surface area contributed by atoms with E-state index in [1.54, 1.807) is 24.3 Å². The molecule has 1 N–H and O–H groups in total. The molecule has 0 atom stereocenters. The number of nitrogens with one attached hydrogen (secondary N) is 1. The van der Waals surface area contributed by atoms with Crippen molar-refractivity contribution in [2.24, 2.45) is 5.92 Å². The number of hydrogen-bond donors (Lipinski definition) is 1. The van der Waals surface area contributed by atoms with Crippen LogP contribution in [0, 0.1) is 5.92 Å². The van der Waals surface area contributed by atoms with Crippen LogP contribution in [0.2, 0.25) is 5.02 Å². The van der Waals surface area contributed by atoms with Crippen LogP contribution in [0.1, 0.15) is 54.9 Å². The maximum Gasteiger partial charge on any atom is 0.226 e. The quantitative estimate of drug-likeness (QED) is 0.620. The minimum absolute atomic E-state index is 0.0301. The Morgan fingerprint density at radius 2 is 1.79 bits per heavy atom. The molecule has 0 aromatic heterocycles. The van der Waals surface area contributed by atoms with Gasteiger partial charge in [0.1, 0.15) is 0 Å². The first kappa shape index (κ1) is 21.5. The van der Waals surface area contributed by atoms with Crippen molar-refractivity contribution in [2.75, 3.05) is 25.0 Å². The minimum atomic E-state index is -0.0301. The fourth-order valence-electron chi connectivity index (χ4n) is 3.69. The van der Waals surface area contributed by atoms with E-state index in [-0.39, 0.29) is 17.6 Å². The summed E-state index contributed by atoms with van der Waals surface area (Å²) in [6.45, 7) is 6.56. The highest BCUT2D eigenvalue weighted by Crippen LogP contribution is 2.29. The molecule has 1 aliphatic rings. The number of nitrogens with zero attached hydrogens (tertiary/aromatic N) is 1. The summed E-state index contributed by atoms with van der Waals surface area (Å²) in [6, 6.07) is 15.3. The predicted octanol–water partition coefficient (Wildman–Crippen LogP) is 5.39. The molecular weight excluding hydrogens is 384 g/mol. The molecule has 0 radical (unpaired) electrons. The average molecular weight is 413 g/mol. The lowest BCUT2D eigenvalue weighted by Crippen LogP contribution is -2.34. The number of benzene rings is 2. The molecule has 154 valence electrons. The summed E-state index contributed by atoms with van der Waals surface area (Å²) in [6.07, 6.45) is 2.66. The fraction of sp³-hybridized carbons (Fsp3) is 0.417. The van der Waals surface area contributed by atoms with Gasteiger partial charge in [0.2, 0.25) is 5.91 Å². The van der Waals surface area contributed by atoms with Gasteiger partial charge in [0.25, 0.3) is 0 Å². The SMILES string of the molecule is CC(C)C(=O)Nc1cccc(C2CCN(CCC(=O)c3ccc(Cl)cc3)CC2)c1. The van der Waals surface area contributed by atoms with Gasteiger partial charge in [-0.2, -0.15) is 0 Å². The summed E-state index contributed by atoms with van der Waals surface area (Å²) in [7, 11) is 0. The zero-order chi connectivity index (χ0) is 20.8. The number of halogens is 1. The maximum absolute atomic E-state index is 12.4. The first-order valence-corrected chi connectivity index (χ1v) is 10.7. The second kappa shape index (κ2) is 10.0. The van der Waals surface area contributed by atoms with Crippen LogP contribution in [0.5, 0.6) is 0 Å². The van der Waals surface area contributed by atoms with Gasteiger partial charge in [-0.05, 0) is 73.8 Å². The van der Waals surface area contributed by atoms with E-state index < -0.39 is 0 Å².